The van der Waals surface area contributed by atoms with E-state index < -0.39 is 5.60 Å². The molecule has 1 aliphatic heterocycles. The fraction of sp³-hybridized carbons (Fsp3) is 0.556. The summed E-state index contributed by atoms with van der Waals surface area (Å²) in [6.07, 6.45) is 2.90. The second kappa shape index (κ2) is 5.87. The highest BCUT2D eigenvalue weighted by Gasteiger charge is 2.30. The lowest BCUT2D eigenvalue weighted by molar-refractivity contribution is 0.0287. The van der Waals surface area contributed by atoms with Crippen LogP contribution < -0.4 is 0 Å². The second-order valence-corrected chi connectivity index (χ2v) is 7.44. The first-order valence-corrected chi connectivity index (χ1v) is 8.22. The van der Waals surface area contributed by atoms with Gasteiger partial charge in [-0.25, -0.2) is 4.79 Å². The van der Waals surface area contributed by atoms with E-state index in [4.69, 9.17) is 4.74 Å². The van der Waals surface area contributed by atoms with Gasteiger partial charge in [-0.05, 0) is 51.7 Å². The Kier molecular flexibility index (Phi) is 4.04. The van der Waals surface area contributed by atoms with Gasteiger partial charge in [0.1, 0.15) is 5.60 Å². The molecule has 2 heterocycles. The molecule has 124 valence electrons. The molecule has 0 radical (unpaired) electrons. The fourth-order valence-electron chi connectivity index (χ4n) is 3.07. The maximum absolute atomic E-state index is 12.1. The maximum atomic E-state index is 12.1. The van der Waals surface area contributed by atoms with Crippen LogP contribution in [0.4, 0.5) is 4.79 Å². The molecule has 3 rings (SSSR count). The van der Waals surface area contributed by atoms with Crippen LogP contribution in [0.3, 0.4) is 0 Å². The summed E-state index contributed by atoms with van der Waals surface area (Å²) < 4.78 is 7.46. The molecule has 23 heavy (non-hydrogen) atoms. The highest BCUT2D eigenvalue weighted by Crippen LogP contribution is 2.22. The molecule has 5 nitrogen and oxygen atoms in total. The summed E-state index contributed by atoms with van der Waals surface area (Å²) in [5.41, 5.74) is 1.84. The number of ether oxygens (including phenoxy) is 1. The zero-order valence-corrected chi connectivity index (χ0v) is 14.4. The molecule has 1 fully saturated rings. The quantitative estimate of drug-likeness (QED) is 0.850. The van der Waals surface area contributed by atoms with Crippen LogP contribution in [-0.2, 0) is 11.3 Å². The molecule has 0 bridgehead atoms. The highest BCUT2D eigenvalue weighted by molar-refractivity contribution is 5.81. The topological polar surface area (TPSA) is 47.4 Å². The first kappa shape index (κ1) is 15.8. The van der Waals surface area contributed by atoms with Crippen LogP contribution >= 0.6 is 0 Å². The van der Waals surface area contributed by atoms with Gasteiger partial charge in [0.2, 0.25) is 0 Å². The van der Waals surface area contributed by atoms with Crippen molar-refractivity contribution in [3.8, 4) is 0 Å². The molecule has 1 amide bonds. The molecule has 0 N–H and O–H groups in total. The van der Waals surface area contributed by atoms with Crippen molar-refractivity contribution in [2.75, 3.05) is 13.1 Å². The minimum absolute atomic E-state index is 0.207. The Morgan fingerprint density at radius 2 is 2.17 bits per heavy atom. The van der Waals surface area contributed by atoms with Crippen molar-refractivity contribution in [1.82, 2.24) is 14.7 Å². The number of carbonyl (C=O) groups excluding carboxylic acids is 1. The number of amides is 1. The Morgan fingerprint density at radius 1 is 1.39 bits per heavy atom. The summed E-state index contributed by atoms with van der Waals surface area (Å²) in [5.74, 6) is 0.428. The van der Waals surface area contributed by atoms with E-state index in [2.05, 4.69) is 24.3 Å². The molecule has 1 aromatic heterocycles. The summed E-state index contributed by atoms with van der Waals surface area (Å²) in [5, 5.41) is 5.85. The number of rotatable bonds is 2. The van der Waals surface area contributed by atoms with E-state index in [-0.39, 0.29) is 6.09 Å². The van der Waals surface area contributed by atoms with Gasteiger partial charge in [0.15, 0.2) is 0 Å². The standard InChI is InChI=1S/C18H25N3O2/c1-13-6-5-7-16-15(13)12-21(19-16)11-14-8-9-20(10-14)17(22)23-18(2,3)4/h5-7,12,14H,8-11H2,1-4H3/t14-/m1/s1. The average Bonchev–Trinajstić information content (AvgIpc) is 3.04. The molecular formula is C18H25N3O2. The van der Waals surface area contributed by atoms with Gasteiger partial charge in [-0.1, -0.05) is 12.1 Å². The van der Waals surface area contributed by atoms with Crippen LogP contribution in [0.2, 0.25) is 0 Å². The Balaban J connectivity index is 1.63. The van der Waals surface area contributed by atoms with E-state index in [9.17, 15) is 4.79 Å². The first-order valence-electron chi connectivity index (χ1n) is 8.22. The van der Waals surface area contributed by atoms with Gasteiger partial charge in [-0.2, -0.15) is 5.10 Å². The van der Waals surface area contributed by atoms with Gasteiger partial charge in [-0.3, -0.25) is 4.68 Å². The Morgan fingerprint density at radius 3 is 2.87 bits per heavy atom. The molecule has 0 aliphatic carbocycles. The molecule has 0 saturated carbocycles. The van der Waals surface area contributed by atoms with Crippen LogP contribution in [-0.4, -0.2) is 39.5 Å². The van der Waals surface area contributed by atoms with E-state index in [1.54, 1.807) is 0 Å². The van der Waals surface area contributed by atoms with Crippen molar-refractivity contribution in [3.05, 3.63) is 30.0 Å². The molecule has 1 aliphatic rings. The summed E-state index contributed by atoms with van der Waals surface area (Å²) >= 11 is 0. The van der Waals surface area contributed by atoms with E-state index in [0.29, 0.717) is 5.92 Å². The number of aromatic nitrogens is 2. The van der Waals surface area contributed by atoms with Crippen molar-refractivity contribution in [1.29, 1.82) is 0 Å². The van der Waals surface area contributed by atoms with Gasteiger partial charge in [0.25, 0.3) is 0 Å². The molecular weight excluding hydrogens is 290 g/mol. The van der Waals surface area contributed by atoms with E-state index in [1.165, 1.54) is 10.9 Å². The van der Waals surface area contributed by atoms with Gasteiger partial charge in [0.05, 0.1) is 5.52 Å². The predicted octanol–water partition coefficient (Wildman–Crippen LogP) is 3.60. The molecule has 5 heteroatoms. The van der Waals surface area contributed by atoms with Crippen LogP contribution in [0.5, 0.6) is 0 Å². The summed E-state index contributed by atoms with van der Waals surface area (Å²) in [6.45, 7) is 10.1. The van der Waals surface area contributed by atoms with Gasteiger partial charge in [-0.15, -0.1) is 0 Å². The van der Waals surface area contributed by atoms with Gasteiger partial charge < -0.3 is 9.64 Å². The number of aryl methyl sites for hydroxylation is 1. The van der Waals surface area contributed by atoms with Crippen molar-refractivity contribution in [3.63, 3.8) is 0 Å². The maximum Gasteiger partial charge on any atom is 0.410 e. The zero-order chi connectivity index (χ0) is 16.6. The number of fused-ring (bicyclic) bond motifs is 1. The summed E-state index contributed by atoms with van der Waals surface area (Å²) in [4.78, 5) is 13.9. The number of benzene rings is 1. The lowest BCUT2D eigenvalue weighted by Gasteiger charge is -2.24. The lowest BCUT2D eigenvalue weighted by Crippen LogP contribution is -2.35. The molecule has 0 unspecified atom stereocenters. The van der Waals surface area contributed by atoms with Crippen molar-refractivity contribution < 1.29 is 9.53 Å². The van der Waals surface area contributed by atoms with E-state index >= 15 is 0 Å². The SMILES string of the molecule is Cc1cccc2nn(C[C@@H]3CCN(C(=O)OC(C)(C)C)C3)cc12. The zero-order valence-electron chi connectivity index (χ0n) is 14.4. The molecule has 0 spiro atoms. The number of likely N-dealkylation sites (tertiary alicyclic amines) is 1. The van der Waals surface area contributed by atoms with Crippen LogP contribution in [0, 0.1) is 12.8 Å². The Bertz CT molecular complexity index is 715. The largest absolute Gasteiger partial charge is 0.444 e. The second-order valence-electron chi connectivity index (χ2n) is 7.44. The third-order valence-corrected chi connectivity index (χ3v) is 4.20. The highest BCUT2D eigenvalue weighted by atomic mass is 16.6. The number of nitrogens with zero attached hydrogens (tertiary/aromatic N) is 3. The average molecular weight is 315 g/mol. The normalized spacial score (nSPS) is 18.6. The van der Waals surface area contributed by atoms with E-state index in [1.807, 2.05) is 42.5 Å². The van der Waals surface area contributed by atoms with Crippen molar-refractivity contribution >= 4 is 17.0 Å². The predicted molar refractivity (Wildman–Crippen MR) is 90.4 cm³/mol. The number of hydrogen-bond donors (Lipinski definition) is 0. The van der Waals surface area contributed by atoms with Gasteiger partial charge in [0, 0.05) is 31.2 Å². The van der Waals surface area contributed by atoms with E-state index in [0.717, 1.165) is 31.6 Å². The lowest BCUT2D eigenvalue weighted by atomic mass is 10.1. The Labute approximate surface area is 137 Å². The third kappa shape index (κ3) is 3.66. The van der Waals surface area contributed by atoms with Crippen molar-refractivity contribution in [2.45, 2.75) is 46.3 Å². The monoisotopic (exact) mass is 315 g/mol. The van der Waals surface area contributed by atoms with Crippen molar-refractivity contribution in [2.24, 2.45) is 5.92 Å². The summed E-state index contributed by atoms with van der Waals surface area (Å²) in [7, 11) is 0. The third-order valence-electron chi connectivity index (χ3n) is 4.20. The minimum atomic E-state index is -0.438. The fourth-order valence-corrected chi connectivity index (χ4v) is 3.07. The Hall–Kier alpha value is -2.04. The summed E-state index contributed by atoms with van der Waals surface area (Å²) in [6, 6.07) is 6.18. The molecule has 1 atom stereocenters. The van der Waals surface area contributed by atoms with Crippen LogP contribution in [0.25, 0.3) is 10.9 Å². The van der Waals surface area contributed by atoms with Crippen LogP contribution in [0.15, 0.2) is 24.4 Å². The number of hydrogen-bond acceptors (Lipinski definition) is 3. The number of carbonyl (C=O) groups is 1. The molecule has 1 saturated heterocycles. The smallest absolute Gasteiger partial charge is 0.410 e. The molecule has 1 aromatic carbocycles. The first-order chi connectivity index (χ1) is 10.8. The van der Waals surface area contributed by atoms with Gasteiger partial charge >= 0.3 is 6.09 Å². The minimum Gasteiger partial charge on any atom is -0.444 e. The van der Waals surface area contributed by atoms with Crippen LogP contribution in [0.1, 0.15) is 32.8 Å². The molecule has 2 aromatic rings.